The lowest BCUT2D eigenvalue weighted by molar-refractivity contribution is 0.113. The fourth-order valence-electron chi connectivity index (χ4n) is 2.16. The molecule has 1 saturated heterocycles. The van der Waals surface area contributed by atoms with Gasteiger partial charge in [-0.25, -0.2) is 4.98 Å². The van der Waals surface area contributed by atoms with Crippen molar-refractivity contribution in [3.63, 3.8) is 0 Å². The Hall–Kier alpha value is -0.910. The molecule has 1 aromatic rings. The Morgan fingerprint density at radius 2 is 2.31 bits per heavy atom. The Labute approximate surface area is 96.6 Å². The van der Waals surface area contributed by atoms with Crippen LogP contribution >= 0.6 is 0 Å². The van der Waals surface area contributed by atoms with Gasteiger partial charge < -0.3 is 20.5 Å². The molecule has 1 unspecified atom stereocenters. The van der Waals surface area contributed by atoms with E-state index in [4.69, 9.17) is 5.73 Å². The van der Waals surface area contributed by atoms with Gasteiger partial charge in [-0.15, -0.1) is 0 Å². The predicted molar refractivity (Wildman–Crippen MR) is 64.1 cm³/mol. The number of hydrogen-bond acceptors (Lipinski definition) is 4. The second-order valence-electron chi connectivity index (χ2n) is 4.66. The van der Waals surface area contributed by atoms with Crippen molar-refractivity contribution in [2.24, 2.45) is 5.73 Å². The first-order chi connectivity index (χ1) is 7.69. The predicted octanol–water partition coefficient (Wildman–Crippen LogP) is -0.343. The minimum absolute atomic E-state index is 0.535. The second-order valence-corrected chi connectivity index (χ2v) is 4.66. The SMILES string of the molecule is CN1CCN(C)C(Cc2ncc(CN)[nH]2)C1. The summed E-state index contributed by atoms with van der Waals surface area (Å²) in [6, 6.07) is 0.551. The van der Waals surface area contributed by atoms with Crippen LogP contribution in [-0.4, -0.2) is 59.5 Å². The van der Waals surface area contributed by atoms with Crippen LogP contribution in [0.15, 0.2) is 6.20 Å². The van der Waals surface area contributed by atoms with E-state index in [1.54, 1.807) is 0 Å². The van der Waals surface area contributed by atoms with Crippen LogP contribution in [0, 0.1) is 0 Å². The molecule has 0 saturated carbocycles. The molecule has 0 amide bonds. The van der Waals surface area contributed by atoms with Crippen LogP contribution in [0.3, 0.4) is 0 Å². The highest BCUT2D eigenvalue weighted by molar-refractivity contribution is 5.02. The van der Waals surface area contributed by atoms with Gasteiger partial charge in [-0.05, 0) is 14.1 Å². The summed E-state index contributed by atoms with van der Waals surface area (Å²) in [7, 11) is 4.36. The van der Waals surface area contributed by atoms with Gasteiger partial charge in [0, 0.05) is 50.5 Å². The number of nitrogens with two attached hydrogens (primary N) is 1. The van der Waals surface area contributed by atoms with Gasteiger partial charge in [0.05, 0.1) is 0 Å². The van der Waals surface area contributed by atoms with Gasteiger partial charge in [0.15, 0.2) is 0 Å². The average Bonchev–Trinajstić information content (AvgIpc) is 2.71. The third kappa shape index (κ3) is 2.61. The van der Waals surface area contributed by atoms with Crippen LogP contribution in [0.4, 0.5) is 0 Å². The quantitative estimate of drug-likeness (QED) is 0.736. The molecule has 5 heteroatoms. The molecule has 1 aliphatic heterocycles. The standard InChI is InChI=1S/C11H21N5/c1-15-3-4-16(2)10(8-15)5-11-13-7-9(6-12)14-11/h7,10H,3-6,8,12H2,1-2H3,(H,13,14). The molecule has 5 nitrogen and oxygen atoms in total. The summed E-state index contributed by atoms with van der Waals surface area (Å²) < 4.78 is 0. The summed E-state index contributed by atoms with van der Waals surface area (Å²) in [5.41, 5.74) is 6.57. The second kappa shape index (κ2) is 4.95. The number of imidazole rings is 1. The van der Waals surface area contributed by atoms with Crippen molar-refractivity contribution in [3.8, 4) is 0 Å². The number of piperazine rings is 1. The van der Waals surface area contributed by atoms with Gasteiger partial charge in [-0.1, -0.05) is 0 Å². The smallest absolute Gasteiger partial charge is 0.107 e. The number of nitrogens with one attached hydrogen (secondary N) is 1. The summed E-state index contributed by atoms with van der Waals surface area (Å²) >= 11 is 0. The molecule has 0 spiro atoms. The van der Waals surface area contributed by atoms with Crippen molar-refractivity contribution in [3.05, 3.63) is 17.7 Å². The fraction of sp³-hybridized carbons (Fsp3) is 0.727. The van der Waals surface area contributed by atoms with Crippen molar-refractivity contribution in [1.29, 1.82) is 0 Å². The van der Waals surface area contributed by atoms with E-state index in [1.165, 1.54) is 0 Å². The highest BCUT2D eigenvalue weighted by atomic mass is 15.3. The first kappa shape index (κ1) is 11.6. The highest BCUT2D eigenvalue weighted by Gasteiger charge is 2.23. The lowest BCUT2D eigenvalue weighted by atomic mass is 10.1. The van der Waals surface area contributed by atoms with Crippen LogP contribution in [0.2, 0.25) is 0 Å². The molecule has 1 atom stereocenters. The van der Waals surface area contributed by atoms with Crippen molar-refractivity contribution in [1.82, 2.24) is 19.8 Å². The molecule has 1 aromatic heterocycles. The Balaban J connectivity index is 1.97. The maximum absolute atomic E-state index is 5.56. The van der Waals surface area contributed by atoms with Crippen LogP contribution in [0.5, 0.6) is 0 Å². The molecular weight excluding hydrogens is 202 g/mol. The molecule has 90 valence electrons. The summed E-state index contributed by atoms with van der Waals surface area (Å²) in [6.07, 6.45) is 2.81. The summed E-state index contributed by atoms with van der Waals surface area (Å²) in [5.74, 6) is 1.05. The number of rotatable bonds is 3. The topological polar surface area (TPSA) is 61.2 Å². The Morgan fingerprint density at radius 1 is 1.50 bits per heavy atom. The van der Waals surface area contributed by atoms with Crippen LogP contribution in [0.25, 0.3) is 0 Å². The number of aromatic amines is 1. The molecule has 0 bridgehead atoms. The molecule has 16 heavy (non-hydrogen) atoms. The van der Waals surface area contributed by atoms with Gasteiger partial charge in [-0.2, -0.15) is 0 Å². The summed E-state index contributed by atoms with van der Waals surface area (Å²) in [6.45, 7) is 3.92. The van der Waals surface area contributed by atoms with Crippen molar-refractivity contribution < 1.29 is 0 Å². The van der Waals surface area contributed by atoms with E-state index < -0.39 is 0 Å². The van der Waals surface area contributed by atoms with E-state index >= 15 is 0 Å². The monoisotopic (exact) mass is 223 g/mol. The number of hydrogen-bond donors (Lipinski definition) is 2. The maximum atomic E-state index is 5.56. The van der Waals surface area contributed by atoms with Gasteiger partial charge >= 0.3 is 0 Å². The normalized spacial score (nSPS) is 23.8. The Kier molecular flexibility index (Phi) is 3.58. The van der Waals surface area contributed by atoms with Crippen molar-refractivity contribution in [2.45, 2.75) is 19.0 Å². The van der Waals surface area contributed by atoms with Crippen LogP contribution in [-0.2, 0) is 13.0 Å². The third-order valence-corrected chi connectivity index (χ3v) is 3.31. The molecule has 2 rings (SSSR count). The zero-order chi connectivity index (χ0) is 11.5. The lowest BCUT2D eigenvalue weighted by Crippen LogP contribution is -2.50. The molecule has 1 aliphatic rings. The molecular formula is C11H21N5. The largest absolute Gasteiger partial charge is 0.345 e. The van der Waals surface area contributed by atoms with Gasteiger partial charge in [0.2, 0.25) is 0 Å². The summed E-state index contributed by atoms with van der Waals surface area (Å²) in [5, 5.41) is 0. The van der Waals surface area contributed by atoms with E-state index in [2.05, 4.69) is 33.9 Å². The zero-order valence-corrected chi connectivity index (χ0v) is 10.1. The minimum atomic E-state index is 0.535. The Bertz CT molecular complexity index is 335. The van der Waals surface area contributed by atoms with Crippen molar-refractivity contribution in [2.75, 3.05) is 33.7 Å². The van der Waals surface area contributed by atoms with Crippen molar-refractivity contribution >= 4 is 0 Å². The lowest BCUT2D eigenvalue weighted by Gasteiger charge is -2.37. The molecule has 0 radical (unpaired) electrons. The number of H-pyrrole nitrogens is 1. The highest BCUT2D eigenvalue weighted by Crippen LogP contribution is 2.10. The van der Waals surface area contributed by atoms with Crippen LogP contribution < -0.4 is 5.73 Å². The minimum Gasteiger partial charge on any atom is -0.345 e. The average molecular weight is 223 g/mol. The molecule has 0 aliphatic carbocycles. The third-order valence-electron chi connectivity index (χ3n) is 3.31. The van der Waals surface area contributed by atoms with Gasteiger partial charge in [-0.3, -0.25) is 0 Å². The van der Waals surface area contributed by atoms with E-state index in [9.17, 15) is 0 Å². The number of aromatic nitrogens is 2. The molecule has 0 aromatic carbocycles. The fourth-order valence-corrected chi connectivity index (χ4v) is 2.16. The maximum Gasteiger partial charge on any atom is 0.107 e. The van der Waals surface area contributed by atoms with E-state index in [-0.39, 0.29) is 0 Å². The number of likely N-dealkylation sites (N-methyl/N-ethyl adjacent to an activating group) is 2. The number of nitrogens with zero attached hydrogens (tertiary/aromatic N) is 3. The first-order valence-corrected chi connectivity index (χ1v) is 5.80. The van der Waals surface area contributed by atoms with Crippen LogP contribution in [0.1, 0.15) is 11.5 Å². The molecule has 1 fully saturated rings. The molecule has 3 N–H and O–H groups in total. The van der Waals surface area contributed by atoms with Gasteiger partial charge in [0.1, 0.15) is 5.82 Å². The van der Waals surface area contributed by atoms with E-state index in [1.807, 2.05) is 6.20 Å². The van der Waals surface area contributed by atoms with E-state index in [0.717, 1.165) is 37.6 Å². The Morgan fingerprint density at radius 3 is 3.00 bits per heavy atom. The zero-order valence-electron chi connectivity index (χ0n) is 10.1. The van der Waals surface area contributed by atoms with E-state index in [0.29, 0.717) is 12.6 Å². The van der Waals surface area contributed by atoms with Gasteiger partial charge in [0.25, 0.3) is 0 Å². The molecule has 2 heterocycles. The summed E-state index contributed by atoms with van der Waals surface area (Å²) in [4.78, 5) is 12.4. The first-order valence-electron chi connectivity index (χ1n) is 5.80.